The van der Waals surface area contributed by atoms with Crippen molar-refractivity contribution in [3.63, 3.8) is 0 Å². The minimum Gasteiger partial charge on any atom is -0.378 e. The zero-order valence-corrected chi connectivity index (χ0v) is 13.1. The Labute approximate surface area is 130 Å². The first-order chi connectivity index (χ1) is 10.1. The molecule has 0 saturated heterocycles. The van der Waals surface area contributed by atoms with Crippen LogP contribution < -0.4 is 10.6 Å². The van der Waals surface area contributed by atoms with E-state index >= 15 is 0 Å². The van der Waals surface area contributed by atoms with Gasteiger partial charge in [-0.1, -0.05) is 6.07 Å². The summed E-state index contributed by atoms with van der Waals surface area (Å²) in [6.45, 7) is 2.06. The molecule has 0 aliphatic rings. The second kappa shape index (κ2) is 6.84. The molecule has 0 fully saturated rings. The van der Waals surface area contributed by atoms with E-state index in [1.54, 1.807) is 13.0 Å². The molecule has 1 atom stereocenters. The molecule has 112 valence electrons. The van der Waals surface area contributed by atoms with E-state index in [1.165, 1.54) is 22.7 Å². The van der Waals surface area contributed by atoms with Gasteiger partial charge in [-0.15, -0.1) is 11.3 Å². The number of likely N-dealkylation sites (N-methyl/N-ethyl adjacent to an activating group) is 1. The Morgan fingerprint density at radius 3 is 2.57 bits per heavy atom. The van der Waals surface area contributed by atoms with Crippen LogP contribution in [0.5, 0.6) is 0 Å². The van der Waals surface area contributed by atoms with Gasteiger partial charge in [0, 0.05) is 17.0 Å². The maximum absolute atomic E-state index is 11.7. The number of hydrogen-bond donors (Lipinski definition) is 3. The van der Waals surface area contributed by atoms with Crippen molar-refractivity contribution in [2.24, 2.45) is 0 Å². The number of carbonyl (C=O) groups excluding carboxylic acids is 2. The van der Waals surface area contributed by atoms with Gasteiger partial charge in [0.2, 0.25) is 0 Å². The van der Waals surface area contributed by atoms with Crippen LogP contribution in [0.2, 0.25) is 0 Å². The van der Waals surface area contributed by atoms with Gasteiger partial charge in [0.15, 0.2) is 0 Å². The van der Waals surface area contributed by atoms with Crippen LogP contribution in [0, 0.1) is 0 Å². The lowest BCUT2D eigenvalue weighted by Gasteiger charge is -2.26. The molecular formula is C14H16N2O3S2. The standard InChI is InChI=1S/C14H16N2O3S2/c1-2-15-12(17)13(18)16-9-14(19,10-5-7-20-8-10)11-4-3-6-21-11/h3-8,19H,2,9H2,1H3,(H,15,17)(H,16,18). The smallest absolute Gasteiger partial charge is 0.309 e. The zero-order valence-electron chi connectivity index (χ0n) is 11.5. The van der Waals surface area contributed by atoms with Crippen molar-refractivity contribution in [1.82, 2.24) is 10.6 Å². The summed E-state index contributed by atoms with van der Waals surface area (Å²) >= 11 is 2.87. The van der Waals surface area contributed by atoms with E-state index in [0.717, 1.165) is 4.88 Å². The molecule has 0 radical (unpaired) electrons. The number of amides is 2. The van der Waals surface area contributed by atoms with Gasteiger partial charge in [-0.25, -0.2) is 0 Å². The first kappa shape index (κ1) is 15.7. The molecule has 2 heterocycles. The maximum atomic E-state index is 11.7. The Kier molecular flexibility index (Phi) is 5.11. The summed E-state index contributed by atoms with van der Waals surface area (Å²) < 4.78 is 0. The summed E-state index contributed by atoms with van der Waals surface area (Å²) in [7, 11) is 0. The molecule has 0 saturated carbocycles. The lowest BCUT2D eigenvalue weighted by Crippen LogP contribution is -2.46. The topological polar surface area (TPSA) is 78.4 Å². The lowest BCUT2D eigenvalue weighted by molar-refractivity contribution is -0.139. The Hall–Kier alpha value is -1.70. The molecule has 0 bridgehead atoms. The van der Waals surface area contributed by atoms with Crippen LogP contribution in [0.15, 0.2) is 34.3 Å². The monoisotopic (exact) mass is 324 g/mol. The fourth-order valence-electron chi connectivity index (χ4n) is 1.87. The molecule has 2 aromatic heterocycles. The van der Waals surface area contributed by atoms with Crippen LogP contribution in [0.4, 0.5) is 0 Å². The Bertz CT molecular complexity index is 560. The Morgan fingerprint density at radius 2 is 2.00 bits per heavy atom. The summed E-state index contributed by atoms with van der Waals surface area (Å²) in [5.74, 6) is -1.45. The van der Waals surface area contributed by atoms with Crippen LogP contribution in [0.3, 0.4) is 0 Å². The van der Waals surface area contributed by atoms with Crippen molar-refractivity contribution in [2.75, 3.05) is 13.1 Å². The van der Waals surface area contributed by atoms with Gasteiger partial charge in [0.05, 0.1) is 6.54 Å². The molecule has 0 aliphatic carbocycles. The third kappa shape index (κ3) is 3.49. The van der Waals surface area contributed by atoms with Gasteiger partial charge < -0.3 is 15.7 Å². The van der Waals surface area contributed by atoms with Crippen molar-refractivity contribution in [3.05, 3.63) is 44.8 Å². The summed E-state index contributed by atoms with van der Waals surface area (Å²) in [5, 5.41) is 21.4. The number of aliphatic hydroxyl groups is 1. The van der Waals surface area contributed by atoms with Gasteiger partial charge in [0.25, 0.3) is 0 Å². The molecule has 0 aromatic carbocycles. The molecule has 21 heavy (non-hydrogen) atoms. The summed E-state index contributed by atoms with van der Waals surface area (Å²) in [6.07, 6.45) is 0. The second-order valence-corrected chi connectivity index (χ2v) is 6.12. The first-order valence-electron chi connectivity index (χ1n) is 6.43. The fraction of sp³-hybridized carbons (Fsp3) is 0.286. The zero-order chi connectivity index (χ0) is 15.3. The third-order valence-electron chi connectivity index (χ3n) is 2.98. The first-order valence-corrected chi connectivity index (χ1v) is 8.25. The molecule has 0 aliphatic heterocycles. The molecule has 2 amide bonds. The fourth-order valence-corrected chi connectivity index (χ4v) is 3.44. The van der Waals surface area contributed by atoms with Crippen LogP contribution in [-0.4, -0.2) is 30.0 Å². The quantitative estimate of drug-likeness (QED) is 0.725. The van der Waals surface area contributed by atoms with Gasteiger partial charge >= 0.3 is 11.8 Å². The van der Waals surface area contributed by atoms with E-state index in [2.05, 4.69) is 10.6 Å². The van der Waals surface area contributed by atoms with E-state index in [0.29, 0.717) is 12.1 Å². The van der Waals surface area contributed by atoms with E-state index in [9.17, 15) is 14.7 Å². The average molecular weight is 324 g/mol. The summed E-state index contributed by atoms with van der Waals surface area (Å²) in [4.78, 5) is 23.8. The third-order valence-corrected chi connectivity index (χ3v) is 4.68. The molecule has 7 heteroatoms. The number of thiophene rings is 2. The highest BCUT2D eigenvalue weighted by molar-refractivity contribution is 7.10. The molecule has 5 nitrogen and oxygen atoms in total. The van der Waals surface area contributed by atoms with Crippen LogP contribution in [0.25, 0.3) is 0 Å². The van der Waals surface area contributed by atoms with Crippen molar-refractivity contribution in [2.45, 2.75) is 12.5 Å². The Balaban J connectivity index is 2.15. The highest BCUT2D eigenvalue weighted by Gasteiger charge is 2.34. The van der Waals surface area contributed by atoms with E-state index in [-0.39, 0.29) is 6.54 Å². The molecule has 0 spiro atoms. The normalized spacial score (nSPS) is 13.4. The molecule has 1 unspecified atom stereocenters. The second-order valence-electron chi connectivity index (χ2n) is 4.39. The van der Waals surface area contributed by atoms with Gasteiger partial charge in [-0.2, -0.15) is 11.3 Å². The van der Waals surface area contributed by atoms with Crippen molar-refractivity contribution >= 4 is 34.5 Å². The summed E-state index contributed by atoms with van der Waals surface area (Å²) in [6, 6.07) is 5.45. The van der Waals surface area contributed by atoms with E-state index < -0.39 is 17.4 Å². The number of hydrogen-bond acceptors (Lipinski definition) is 5. The molecular weight excluding hydrogens is 308 g/mol. The summed E-state index contributed by atoms with van der Waals surface area (Å²) in [5.41, 5.74) is -0.623. The predicted molar refractivity (Wildman–Crippen MR) is 83.3 cm³/mol. The molecule has 2 aromatic rings. The maximum Gasteiger partial charge on any atom is 0.309 e. The van der Waals surface area contributed by atoms with Crippen molar-refractivity contribution in [3.8, 4) is 0 Å². The van der Waals surface area contributed by atoms with Crippen LogP contribution in [0.1, 0.15) is 17.4 Å². The minimum absolute atomic E-state index is 0.0553. The van der Waals surface area contributed by atoms with Gasteiger partial charge in [-0.05, 0) is 35.2 Å². The minimum atomic E-state index is -1.32. The number of nitrogens with one attached hydrogen (secondary N) is 2. The largest absolute Gasteiger partial charge is 0.378 e. The van der Waals surface area contributed by atoms with Gasteiger partial charge in [0.1, 0.15) is 5.60 Å². The predicted octanol–water partition coefficient (Wildman–Crippen LogP) is 1.30. The Morgan fingerprint density at radius 1 is 1.24 bits per heavy atom. The van der Waals surface area contributed by atoms with Gasteiger partial charge in [-0.3, -0.25) is 9.59 Å². The molecule has 2 rings (SSSR count). The van der Waals surface area contributed by atoms with E-state index in [1.807, 2.05) is 28.3 Å². The SMILES string of the molecule is CCNC(=O)C(=O)NCC(O)(c1ccsc1)c1cccs1. The molecule has 3 N–H and O–H groups in total. The lowest BCUT2D eigenvalue weighted by atomic mass is 9.94. The highest BCUT2D eigenvalue weighted by atomic mass is 32.1. The highest BCUT2D eigenvalue weighted by Crippen LogP contribution is 2.33. The van der Waals surface area contributed by atoms with E-state index in [4.69, 9.17) is 0 Å². The van der Waals surface area contributed by atoms with Crippen LogP contribution >= 0.6 is 22.7 Å². The van der Waals surface area contributed by atoms with Crippen molar-refractivity contribution < 1.29 is 14.7 Å². The number of rotatable bonds is 5. The van der Waals surface area contributed by atoms with Crippen molar-refractivity contribution in [1.29, 1.82) is 0 Å². The van der Waals surface area contributed by atoms with Crippen LogP contribution in [-0.2, 0) is 15.2 Å². The number of carbonyl (C=O) groups is 2. The average Bonchev–Trinajstić information content (AvgIpc) is 3.16.